The first-order valence-corrected chi connectivity index (χ1v) is 13.7. The van der Waals surface area contributed by atoms with Crippen molar-refractivity contribution in [2.24, 2.45) is 5.41 Å². The van der Waals surface area contributed by atoms with Gasteiger partial charge in [0.25, 0.3) is 5.56 Å². The quantitative estimate of drug-likeness (QED) is 0.265. The molecule has 3 aliphatic rings. The molecule has 194 valence electrons. The average molecular weight is 539 g/mol. The molecule has 0 saturated heterocycles. The molecule has 2 N–H and O–H groups in total. The lowest BCUT2D eigenvalue weighted by molar-refractivity contribution is 0.0953. The van der Waals surface area contributed by atoms with Crippen molar-refractivity contribution in [3.8, 4) is 22.4 Å². The Morgan fingerprint density at radius 3 is 2.77 bits per heavy atom. The molecule has 6 nitrogen and oxygen atoms in total. The molecule has 2 aromatic carbocycles. The molecule has 1 spiro atoms. The highest BCUT2D eigenvalue weighted by atomic mass is 35.5. The van der Waals surface area contributed by atoms with Crippen LogP contribution < -0.4 is 5.56 Å². The van der Waals surface area contributed by atoms with Gasteiger partial charge in [0.15, 0.2) is 5.78 Å². The van der Waals surface area contributed by atoms with E-state index in [-0.39, 0.29) is 27.8 Å². The van der Waals surface area contributed by atoms with E-state index >= 15 is 4.39 Å². The monoisotopic (exact) mass is 538 g/mol. The highest BCUT2D eigenvalue weighted by molar-refractivity contribution is 6.31. The molecular weight excluding hydrogens is 515 g/mol. The number of carbonyl (C=O) groups is 1. The number of hydrogen-bond donors (Lipinski definition) is 2. The zero-order chi connectivity index (χ0) is 26.5. The van der Waals surface area contributed by atoms with Crippen LogP contribution in [0, 0.1) is 11.2 Å². The van der Waals surface area contributed by atoms with E-state index < -0.39 is 5.82 Å². The fraction of sp³-hybridized carbons (Fsp3) is 0.258. The molecule has 1 fully saturated rings. The van der Waals surface area contributed by atoms with Crippen LogP contribution in [0.5, 0.6) is 0 Å². The lowest BCUT2D eigenvalue weighted by Gasteiger charge is -2.25. The Bertz CT molecular complexity index is 1910. The molecule has 5 aromatic rings. The van der Waals surface area contributed by atoms with E-state index in [1.54, 1.807) is 16.8 Å². The number of halogens is 2. The molecule has 0 unspecified atom stereocenters. The van der Waals surface area contributed by atoms with Crippen molar-refractivity contribution >= 4 is 28.3 Å². The fourth-order valence-electron chi connectivity index (χ4n) is 6.76. The Hall–Kier alpha value is -3.97. The molecular formula is C31H24ClFN4O2. The molecule has 1 atom stereocenters. The number of H-pyrrole nitrogens is 2. The summed E-state index contributed by atoms with van der Waals surface area (Å²) in [5.41, 5.74) is 5.15. The predicted octanol–water partition coefficient (Wildman–Crippen LogP) is 6.62. The lowest BCUT2D eigenvalue weighted by atomic mass is 9.80. The molecule has 0 radical (unpaired) electrons. The summed E-state index contributed by atoms with van der Waals surface area (Å²) in [6.07, 6.45) is 7.76. The standard InChI is InChI=1S/C31H24ClFN4O2/c32-20-3-1-18-13-31(8-9-31)14-25(38)28-19(27(18)29(20)33)12-26(39)37-23(28)5-6-24(37)30-35-15-22(36-30)16-2-4-21-17(11-16)7-10-34-21/h1-4,7,10-12,15,24,34H,5-6,8-9,13-14H2,(H,35,36)/t24-/m0/s1. The van der Waals surface area contributed by atoms with E-state index in [0.29, 0.717) is 53.9 Å². The molecule has 4 heterocycles. The number of fused-ring (bicyclic) bond motifs is 6. The Kier molecular flexibility index (Phi) is 4.72. The van der Waals surface area contributed by atoms with Crippen LogP contribution in [0.1, 0.15) is 59.2 Å². The molecule has 0 bridgehead atoms. The summed E-state index contributed by atoms with van der Waals surface area (Å²) in [5, 5.41) is 1.10. The number of imidazole rings is 1. The molecule has 1 aliphatic heterocycles. The maximum Gasteiger partial charge on any atom is 0.252 e. The van der Waals surface area contributed by atoms with Gasteiger partial charge in [0.05, 0.1) is 23.0 Å². The Balaban J connectivity index is 1.27. The lowest BCUT2D eigenvalue weighted by Crippen LogP contribution is -2.28. The number of rotatable bonds is 2. The van der Waals surface area contributed by atoms with E-state index in [9.17, 15) is 9.59 Å². The first-order chi connectivity index (χ1) is 18.9. The van der Waals surface area contributed by atoms with Crippen LogP contribution in [-0.2, 0) is 12.8 Å². The zero-order valence-electron chi connectivity index (χ0n) is 21.0. The number of benzene rings is 2. The minimum atomic E-state index is -0.560. The summed E-state index contributed by atoms with van der Waals surface area (Å²) in [7, 11) is 0. The molecule has 8 rings (SSSR count). The second-order valence-corrected chi connectivity index (χ2v) is 11.7. The summed E-state index contributed by atoms with van der Waals surface area (Å²) in [5.74, 6) is 0.0956. The van der Waals surface area contributed by atoms with E-state index in [0.717, 1.165) is 40.6 Å². The first-order valence-electron chi connectivity index (χ1n) is 13.3. The molecule has 1 saturated carbocycles. The molecule has 8 heteroatoms. The number of aromatic amines is 2. The SMILES string of the molecule is O=C1CC2(CC2)Cc2ccc(Cl)c(F)c2-c2cc(=O)n3c(c21)CC[C@H]3c1ncc(-c2ccc3[nH]ccc3c2)[nH]1. The highest BCUT2D eigenvalue weighted by Crippen LogP contribution is 2.55. The normalized spacial score (nSPS) is 19.0. The summed E-state index contributed by atoms with van der Waals surface area (Å²) in [4.78, 5) is 38.8. The van der Waals surface area contributed by atoms with Gasteiger partial charge in [-0.1, -0.05) is 23.7 Å². The number of nitrogens with one attached hydrogen (secondary N) is 2. The van der Waals surface area contributed by atoms with E-state index in [1.807, 2.05) is 30.5 Å². The number of ketones is 1. The number of aromatic nitrogens is 4. The van der Waals surface area contributed by atoms with Crippen LogP contribution in [0.2, 0.25) is 5.02 Å². The maximum atomic E-state index is 15.6. The van der Waals surface area contributed by atoms with Gasteiger partial charge >= 0.3 is 0 Å². The number of pyridine rings is 1. The van der Waals surface area contributed by atoms with Gasteiger partial charge in [0.1, 0.15) is 11.6 Å². The predicted molar refractivity (Wildman–Crippen MR) is 148 cm³/mol. The third-order valence-corrected chi connectivity index (χ3v) is 9.17. The van der Waals surface area contributed by atoms with Gasteiger partial charge in [-0.25, -0.2) is 9.37 Å². The van der Waals surface area contributed by atoms with Crippen molar-refractivity contribution in [1.29, 1.82) is 0 Å². The second-order valence-electron chi connectivity index (χ2n) is 11.3. The van der Waals surface area contributed by atoms with Gasteiger partial charge in [0.2, 0.25) is 0 Å². The summed E-state index contributed by atoms with van der Waals surface area (Å²) < 4.78 is 17.3. The van der Waals surface area contributed by atoms with Gasteiger partial charge < -0.3 is 14.5 Å². The summed E-state index contributed by atoms with van der Waals surface area (Å²) in [6.45, 7) is 0. The number of carbonyl (C=O) groups excluding carboxylic acids is 1. The molecule has 39 heavy (non-hydrogen) atoms. The van der Waals surface area contributed by atoms with E-state index in [4.69, 9.17) is 11.6 Å². The van der Waals surface area contributed by atoms with Gasteiger partial charge in [-0.3, -0.25) is 9.59 Å². The van der Waals surface area contributed by atoms with Crippen molar-refractivity contribution in [3.63, 3.8) is 0 Å². The minimum Gasteiger partial charge on any atom is -0.361 e. The fourth-order valence-corrected chi connectivity index (χ4v) is 6.92. The van der Waals surface area contributed by atoms with Gasteiger partial charge in [-0.15, -0.1) is 0 Å². The van der Waals surface area contributed by atoms with Gasteiger partial charge in [-0.2, -0.15) is 0 Å². The first kappa shape index (κ1) is 23.0. The van der Waals surface area contributed by atoms with Crippen molar-refractivity contribution in [2.75, 3.05) is 0 Å². The highest BCUT2D eigenvalue weighted by Gasteiger charge is 2.47. The van der Waals surface area contributed by atoms with E-state index in [2.05, 4.69) is 21.0 Å². The maximum absolute atomic E-state index is 15.6. The molecule has 3 aromatic heterocycles. The molecule has 2 aliphatic carbocycles. The van der Waals surface area contributed by atoms with E-state index in [1.165, 1.54) is 6.07 Å². The second kappa shape index (κ2) is 8.02. The smallest absolute Gasteiger partial charge is 0.252 e. The number of hydrogen-bond acceptors (Lipinski definition) is 3. The zero-order valence-corrected chi connectivity index (χ0v) is 21.7. The van der Waals surface area contributed by atoms with Gasteiger partial charge in [-0.05, 0) is 67.3 Å². The Labute approximate surface area is 227 Å². The minimum absolute atomic E-state index is 0.00279. The van der Waals surface area contributed by atoms with Crippen molar-refractivity contribution < 1.29 is 9.18 Å². The largest absolute Gasteiger partial charge is 0.361 e. The summed E-state index contributed by atoms with van der Waals surface area (Å²) >= 11 is 6.21. The van der Waals surface area contributed by atoms with Crippen molar-refractivity contribution in [1.82, 2.24) is 19.5 Å². The number of nitrogens with zero attached hydrogens (tertiary/aromatic N) is 2. The number of Topliss-reactive ketones (excluding diaryl/α,β-unsaturated/α-hetero) is 1. The summed E-state index contributed by atoms with van der Waals surface area (Å²) in [6, 6.07) is 12.7. The van der Waals surface area contributed by atoms with Crippen LogP contribution >= 0.6 is 11.6 Å². The topological polar surface area (TPSA) is 83.5 Å². The van der Waals surface area contributed by atoms with Crippen molar-refractivity contribution in [2.45, 2.75) is 44.6 Å². The van der Waals surface area contributed by atoms with Gasteiger partial charge in [0, 0.05) is 57.5 Å². The molecule has 0 amide bonds. The Morgan fingerprint density at radius 2 is 1.92 bits per heavy atom. The van der Waals surface area contributed by atoms with Crippen LogP contribution in [0.3, 0.4) is 0 Å². The van der Waals surface area contributed by atoms with Crippen LogP contribution in [-0.4, -0.2) is 25.3 Å². The van der Waals surface area contributed by atoms with Crippen LogP contribution in [0.15, 0.2) is 59.7 Å². The van der Waals surface area contributed by atoms with Crippen LogP contribution in [0.25, 0.3) is 33.3 Å². The van der Waals surface area contributed by atoms with Crippen LogP contribution in [0.4, 0.5) is 4.39 Å². The average Bonchev–Trinajstić information content (AvgIpc) is 3.31. The Morgan fingerprint density at radius 1 is 1.05 bits per heavy atom. The van der Waals surface area contributed by atoms with Crippen molar-refractivity contribution in [3.05, 3.63) is 98.7 Å². The third-order valence-electron chi connectivity index (χ3n) is 8.88. The third kappa shape index (κ3) is 3.42.